The molecule has 1 aromatic carbocycles. The first-order chi connectivity index (χ1) is 14.8. The van der Waals surface area contributed by atoms with Crippen molar-refractivity contribution in [2.75, 3.05) is 0 Å². The quantitative estimate of drug-likeness (QED) is 0.648. The number of fused-ring (bicyclic) bond motifs is 3. The smallest absolute Gasteiger partial charge is 0.347 e. The summed E-state index contributed by atoms with van der Waals surface area (Å²) in [6.45, 7) is 0. The minimum Gasteiger partial charge on any atom is -0.347 e. The molecule has 0 unspecified atom stereocenters. The average molecular weight is 425 g/mol. The number of halogens is 3. The highest BCUT2D eigenvalue weighted by Gasteiger charge is 2.47. The van der Waals surface area contributed by atoms with E-state index in [0.717, 1.165) is 24.4 Å². The Morgan fingerprint density at radius 1 is 1.19 bits per heavy atom. The van der Waals surface area contributed by atoms with E-state index in [1.807, 2.05) is 0 Å². The number of hydrogen-bond donors (Lipinski definition) is 1. The predicted molar refractivity (Wildman–Crippen MR) is 106 cm³/mol. The molecule has 0 radical (unpaired) electrons. The predicted octanol–water partition coefficient (Wildman–Crippen LogP) is 3.84. The van der Waals surface area contributed by atoms with Gasteiger partial charge in [-0.2, -0.15) is 18.4 Å². The Bertz CT molecular complexity index is 1210. The lowest BCUT2D eigenvalue weighted by Crippen LogP contribution is -2.43. The van der Waals surface area contributed by atoms with Crippen LogP contribution in [0.4, 0.5) is 13.2 Å². The fourth-order valence-electron chi connectivity index (χ4n) is 4.79. The maximum absolute atomic E-state index is 13.8. The van der Waals surface area contributed by atoms with Gasteiger partial charge < -0.3 is 14.6 Å². The lowest BCUT2D eigenvalue weighted by Gasteiger charge is -2.23. The summed E-state index contributed by atoms with van der Waals surface area (Å²) >= 11 is 0. The molecule has 4 heterocycles. The molecule has 9 heteroatoms. The number of aromatic nitrogens is 2. The summed E-state index contributed by atoms with van der Waals surface area (Å²) in [6, 6.07) is 6.83. The second-order valence-electron chi connectivity index (χ2n) is 8.02. The number of benzene rings is 1. The number of nitrogens with zero attached hydrogens (tertiary/aromatic N) is 4. The molecule has 0 saturated carbocycles. The molecule has 2 aliphatic rings. The molecule has 158 valence electrons. The van der Waals surface area contributed by atoms with Crippen molar-refractivity contribution in [2.24, 2.45) is 0 Å². The lowest BCUT2D eigenvalue weighted by atomic mass is 9.94. The van der Waals surface area contributed by atoms with Gasteiger partial charge in [0.25, 0.3) is 5.91 Å². The molecule has 31 heavy (non-hydrogen) atoms. The summed E-state index contributed by atoms with van der Waals surface area (Å²) in [5, 5.41) is 12.0. The Morgan fingerprint density at radius 3 is 2.74 bits per heavy atom. The van der Waals surface area contributed by atoms with E-state index in [9.17, 15) is 23.2 Å². The van der Waals surface area contributed by atoms with Gasteiger partial charge in [0.2, 0.25) is 0 Å². The fourth-order valence-corrected chi connectivity index (χ4v) is 4.79. The van der Waals surface area contributed by atoms with Gasteiger partial charge in [0, 0.05) is 12.2 Å². The van der Waals surface area contributed by atoms with Crippen molar-refractivity contribution in [1.82, 2.24) is 19.6 Å². The molecule has 0 spiro atoms. The second kappa shape index (κ2) is 7.01. The third-order valence-corrected chi connectivity index (χ3v) is 6.28. The Hall–Kier alpha value is -3.54. The van der Waals surface area contributed by atoms with Crippen LogP contribution in [0.5, 0.6) is 0 Å². The van der Waals surface area contributed by atoms with Crippen molar-refractivity contribution in [3.8, 4) is 17.3 Å². The zero-order valence-corrected chi connectivity index (χ0v) is 16.3. The number of rotatable bonds is 3. The highest BCUT2D eigenvalue weighted by molar-refractivity contribution is 5.97. The van der Waals surface area contributed by atoms with Gasteiger partial charge in [-0.3, -0.25) is 4.79 Å². The number of alkyl halides is 3. The van der Waals surface area contributed by atoms with Crippen molar-refractivity contribution in [2.45, 2.75) is 43.6 Å². The van der Waals surface area contributed by atoms with Crippen LogP contribution < -0.4 is 5.32 Å². The van der Waals surface area contributed by atoms with E-state index in [2.05, 4.69) is 16.5 Å². The molecule has 3 atom stereocenters. The molecule has 1 amide bonds. The van der Waals surface area contributed by atoms with Gasteiger partial charge >= 0.3 is 6.18 Å². The molecule has 0 aliphatic carbocycles. The minimum absolute atomic E-state index is 0.0582. The van der Waals surface area contributed by atoms with Crippen LogP contribution in [0.25, 0.3) is 16.6 Å². The third-order valence-electron chi connectivity index (χ3n) is 6.28. The molecule has 2 fully saturated rings. The monoisotopic (exact) mass is 425 g/mol. The molecule has 2 aromatic heterocycles. The van der Waals surface area contributed by atoms with Crippen molar-refractivity contribution in [3.63, 3.8) is 0 Å². The number of carbonyl (C=O) groups is 1. The number of pyridine rings is 1. The van der Waals surface area contributed by atoms with E-state index in [4.69, 9.17) is 0 Å². The largest absolute Gasteiger partial charge is 0.417 e. The first-order valence-corrected chi connectivity index (χ1v) is 9.97. The topological polar surface area (TPSA) is 73.4 Å². The van der Waals surface area contributed by atoms with Gasteiger partial charge in [0.15, 0.2) is 6.19 Å². The highest BCUT2D eigenvalue weighted by atomic mass is 19.4. The molecule has 2 bridgehead atoms. The molecular formula is C22H18F3N5O. The van der Waals surface area contributed by atoms with Crippen molar-refractivity contribution < 1.29 is 18.0 Å². The van der Waals surface area contributed by atoms with Crippen LogP contribution >= 0.6 is 0 Å². The zero-order valence-electron chi connectivity index (χ0n) is 16.3. The van der Waals surface area contributed by atoms with Gasteiger partial charge in [0.05, 0.1) is 41.3 Å². The number of hydrogen-bond acceptors (Lipinski definition) is 4. The number of nitriles is 1. The van der Waals surface area contributed by atoms with Crippen molar-refractivity contribution >= 4 is 11.4 Å². The normalized spacial score (nSPS) is 22.6. The van der Waals surface area contributed by atoms with Gasteiger partial charge in [-0.1, -0.05) is 12.1 Å². The summed E-state index contributed by atoms with van der Waals surface area (Å²) < 4.78 is 43.2. The van der Waals surface area contributed by atoms with Crippen molar-refractivity contribution in [1.29, 1.82) is 5.26 Å². The minimum atomic E-state index is -4.69. The molecule has 2 saturated heterocycles. The SMILES string of the molecule is N#CN1[C@H]2CC[C@@H]1[C@H](NC(=O)c1ccc(-c3ccc4cncn4c3)cc1C(F)(F)F)C2. The van der Waals surface area contributed by atoms with Crippen LogP contribution in [0, 0.1) is 11.5 Å². The van der Waals surface area contributed by atoms with Crippen LogP contribution in [0.1, 0.15) is 35.2 Å². The summed E-state index contributed by atoms with van der Waals surface area (Å²) in [4.78, 5) is 18.5. The number of carbonyl (C=O) groups excluding carboxylic acids is 1. The molecule has 5 rings (SSSR count). The Morgan fingerprint density at radius 2 is 2.00 bits per heavy atom. The summed E-state index contributed by atoms with van der Waals surface area (Å²) in [5.74, 6) is -0.764. The molecule has 6 nitrogen and oxygen atoms in total. The lowest BCUT2D eigenvalue weighted by molar-refractivity contribution is -0.137. The van der Waals surface area contributed by atoms with Crippen LogP contribution in [0.3, 0.4) is 0 Å². The summed E-state index contributed by atoms with van der Waals surface area (Å²) in [5.41, 5.74) is 0.378. The molecule has 3 aromatic rings. The van der Waals surface area contributed by atoms with Crippen LogP contribution in [-0.2, 0) is 6.18 Å². The fraction of sp³-hybridized carbons (Fsp3) is 0.318. The first kappa shape index (κ1) is 19.4. The van der Waals surface area contributed by atoms with Crippen LogP contribution in [0.2, 0.25) is 0 Å². The van der Waals surface area contributed by atoms with E-state index in [1.165, 1.54) is 12.1 Å². The van der Waals surface area contributed by atoms with E-state index in [-0.39, 0.29) is 18.1 Å². The van der Waals surface area contributed by atoms with Crippen LogP contribution in [-0.4, -0.2) is 38.3 Å². The summed E-state index contributed by atoms with van der Waals surface area (Å²) in [6.07, 6.45) is 4.58. The van der Waals surface area contributed by atoms with Crippen LogP contribution in [0.15, 0.2) is 49.1 Å². The summed E-state index contributed by atoms with van der Waals surface area (Å²) in [7, 11) is 0. The van der Waals surface area contributed by atoms with E-state index in [1.54, 1.807) is 40.2 Å². The molecule has 2 aliphatic heterocycles. The second-order valence-corrected chi connectivity index (χ2v) is 8.02. The highest BCUT2D eigenvalue weighted by Crippen LogP contribution is 2.38. The Labute approximate surface area is 175 Å². The first-order valence-electron chi connectivity index (χ1n) is 9.97. The molecular weight excluding hydrogens is 407 g/mol. The van der Waals surface area contributed by atoms with Gasteiger partial charge in [0.1, 0.15) is 0 Å². The maximum atomic E-state index is 13.8. The van der Waals surface area contributed by atoms with Gasteiger partial charge in [-0.05, 0) is 48.6 Å². The van der Waals surface area contributed by atoms with Gasteiger partial charge in [-0.25, -0.2) is 4.98 Å². The maximum Gasteiger partial charge on any atom is 0.417 e. The van der Waals surface area contributed by atoms with E-state index in [0.29, 0.717) is 17.5 Å². The molecule has 1 N–H and O–H groups in total. The van der Waals surface area contributed by atoms with Gasteiger partial charge in [-0.15, -0.1) is 0 Å². The van der Waals surface area contributed by atoms with E-state index < -0.39 is 23.2 Å². The standard InChI is InChI=1S/C22H18F3N5O/c23-22(24,25)18-7-13(14-1-3-16-9-27-12-29(16)10-14)2-5-17(18)21(31)28-19-8-15-4-6-20(19)30(15)11-26/h1-3,5,7,9-10,12,15,19-20H,4,6,8H2,(H,28,31)/t15-,19+,20+/m0/s1. The number of imidazole rings is 1. The third kappa shape index (κ3) is 3.28. The Balaban J connectivity index is 1.46. The number of amides is 1. The van der Waals surface area contributed by atoms with Crippen molar-refractivity contribution in [3.05, 3.63) is 60.2 Å². The zero-order chi connectivity index (χ0) is 21.8. The average Bonchev–Trinajstić information content (AvgIpc) is 3.45. The number of nitrogens with one attached hydrogen (secondary N) is 1. The Kier molecular flexibility index (Phi) is 4.39. The van der Waals surface area contributed by atoms with E-state index >= 15 is 0 Å².